The van der Waals surface area contributed by atoms with Crippen LogP contribution in [0.5, 0.6) is 11.5 Å². The van der Waals surface area contributed by atoms with Crippen molar-refractivity contribution in [1.29, 1.82) is 0 Å². The molecule has 0 saturated carbocycles. The molecular weight excluding hydrogens is 370 g/mol. The molecule has 29 heavy (non-hydrogen) atoms. The molecule has 0 saturated heterocycles. The van der Waals surface area contributed by atoms with E-state index in [9.17, 15) is 9.59 Å². The molecule has 3 rings (SSSR count). The van der Waals surface area contributed by atoms with Gasteiger partial charge in [0, 0.05) is 31.2 Å². The lowest BCUT2D eigenvalue weighted by Gasteiger charge is -2.14. The van der Waals surface area contributed by atoms with Crippen LogP contribution in [-0.2, 0) is 6.54 Å². The minimum Gasteiger partial charge on any atom is -0.457 e. The molecule has 0 aliphatic carbocycles. The number of nitrogens with one attached hydrogen (secondary N) is 2. The van der Waals surface area contributed by atoms with Gasteiger partial charge in [0.2, 0.25) is 0 Å². The van der Waals surface area contributed by atoms with Gasteiger partial charge in [-0.15, -0.1) is 0 Å². The summed E-state index contributed by atoms with van der Waals surface area (Å²) < 4.78 is 7.55. The number of benzene rings is 2. The number of carbonyl (C=O) groups is 2. The zero-order chi connectivity index (χ0) is 20.6. The Bertz CT molecular complexity index is 955. The molecule has 1 atom stereocenters. The maximum atomic E-state index is 12.1. The van der Waals surface area contributed by atoms with Crippen molar-refractivity contribution in [2.24, 2.45) is 11.7 Å². The van der Waals surface area contributed by atoms with Gasteiger partial charge in [0.05, 0.1) is 5.56 Å². The van der Waals surface area contributed by atoms with Crippen molar-refractivity contribution < 1.29 is 14.3 Å². The van der Waals surface area contributed by atoms with Crippen LogP contribution in [0.4, 0.5) is 10.5 Å². The Labute approximate surface area is 168 Å². The molecule has 0 bridgehead atoms. The van der Waals surface area contributed by atoms with Crippen LogP contribution in [0.25, 0.3) is 0 Å². The predicted octanol–water partition coefficient (Wildman–Crippen LogP) is 3.23. The van der Waals surface area contributed by atoms with Crippen LogP contribution in [0.15, 0.2) is 67.0 Å². The lowest BCUT2D eigenvalue weighted by molar-refractivity contribution is 0.0998. The Morgan fingerprint density at radius 2 is 1.90 bits per heavy atom. The van der Waals surface area contributed by atoms with Crippen molar-refractivity contribution in [2.75, 3.05) is 11.9 Å². The number of para-hydroxylation sites is 1. The molecule has 2 aromatic carbocycles. The number of rotatable bonds is 8. The second kappa shape index (κ2) is 9.41. The first kappa shape index (κ1) is 19.9. The van der Waals surface area contributed by atoms with Crippen molar-refractivity contribution in [3.8, 4) is 11.5 Å². The lowest BCUT2D eigenvalue weighted by Crippen LogP contribution is -2.33. The Balaban J connectivity index is 1.50. The molecule has 8 heteroatoms. The van der Waals surface area contributed by atoms with Gasteiger partial charge in [0.1, 0.15) is 11.5 Å². The first-order valence-corrected chi connectivity index (χ1v) is 9.20. The average molecular weight is 393 g/mol. The monoisotopic (exact) mass is 393 g/mol. The number of amides is 3. The number of aromatic nitrogens is 2. The second-order valence-corrected chi connectivity index (χ2v) is 6.66. The summed E-state index contributed by atoms with van der Waals surface area (Å²) in [6.07, 6.45) is 3.62. The fraction of sp³-hybridized carbons (Fsp3) is 0.190. The Morgan fingerprint density at radius 1 is 1.14 bits per heavy atom. The van der Waals surface area contributed by atoms with E-state index in [4.69, 9.17) is 10.5 Å². The molecule has 8 nitrogen and oxygen atoms in total. The third kappa shape index (κ3) is 5.83. The zero-order valence-corrected chi connectivity index (χ0v) is 16.0. The van der Waals surface area contributed by atoms with Gasteiger partial charge >= 0.3 is 6.03 Å². The normalized spacial score (nSPS) is 11.5. The summed E-state index contributed by atoms with van der Waals surface area (Å²) in [7, 11) is 0. The molecule has 3 aromatic rings. The largest absolute Gasteiger partial charge is 0.457 e. The number of hydrogen-bond donors (Lipinski definition) is 3. The molecule has 1 aromatic heterocycles. The van der Waals surface area contributed by atoms with Crippen molar-refractivity contribution in [3.05, 3.63) is 72.6 Å². The quantitative estimate of drug-likeness (QED) is 0.545. The highest BCUT2D eigenvalue weighted by Gasteiger charge is 2.10. The molecule has 4 N–H and O–H groups in total. The van der Waals surface area contributed by atoms with E-state index >= 15 is 0 Å². The van der Waals surface area contributed by atoms with Crippen molar-refractivity contribution in [1.82, 2.24) is 15.1 Å². The van der Waals surface area contributed by atoms with E-state index in [2.05, 4.69) is 15.7 Å². The summed E-state index contributed by atoms with van der Waals surface area (Å²) in [6.45, 7) is 3.29. The molecule has 0 fully saturated rings. The van der Waals surface area contributed by atoms with E-state index in [1.54, 1.807) is 54.7 Å². The van der Waals surface area contributed by atoms with E-state index < -0.39 is 5.91 Å². The number of primary amides is 1. The number of anilines is 1. The fourth-order valence-electron chi connectivity index (χ4n) is 2.73. The molecule has 0 spiro atoms. The van der Waals surface area contributed by atoms with E-state index in [1.165, 1.54) is 0 Å². The van der Waals surface area contributed by atoms with Gasteiger partial charge in [0.25, 0.3) is 5.91 Å². The Kier molecular flexibility index (Phi) is 6.47. The zero-order valence-electron chi connectivity index (χ0n) is 16.0. The van der Waals surface area contributed by atoms with Gasteiger partial charge < -0.3 is 21.1 Å². The maximum absolute atomic E-state index is 12.1. The number of carbonyl (C=O) groups excluding carboxylic acids is 2. The summed E-state index contributed by atoms with van der Waals surface area (Å²) in [5.74, 6) is 0.584. The number of hydrogen-bond acceptors (Lipinski definition) is 4. The predicted molar refractivity (Wildman–Crippen MR) is 110 cm³/mol. The number of nitrogens with two attached hydrogens (primary N) is 1. The standard InChI is InChI=1S/C21H23N5O3/c1-15(14-26-12-4-11-24-26)13-23-21(28)25-16-7-9-17(10-8-16)29-19-6-3-2-5-18(19)20(22)27/h2-12,15H,13-14H2,1H3,(H2,22,27)(H2,23,25,28). The summed E-state index contributed by atoms with van der Waals surface area (Å²) in [6, 6.07) is 15.2. The van der Waals surface area contributed by atoms with Crippen molar-refractivity contribution in [2.45, 2.75) is 13.5 Å². The molecule has 0 aliphatic heterocycles. The Morgan fingerprint density at radius 3 is 2.59 bits per heavy atom. The van der Waals surface area contributed by atoms with E-state index in [1.807, 2.05) is 23.9 Å². The minimum atomic E-state index is -0.558. The lowest BCUT2D eigenvalue weighted by atomic mass is 10.2. The average Bonchev–Trinajstić information content (AvgIpc) is 3.21. The van der Waals surface area contributed by atoms with E-state index in [-0.39, 0.29) is 11.9 Å². The van der Waals surface area contributed by atoms with Gasteiger partial charge in [0.15, 0.2) is 0 Å². The molecule has 3 amide bonds. The van der Waals surface area contributed by atoms with Crippen molar-refractivity contribution in [3.63, 3.8) is 0 Å². The van der Waals surface area contributed by atoms with Crippen LogP contribution in [0.2, 0.25) is 0 Å². The fourth-order valence-corrected chi connectivity index (χ4v) is 2.73. The topological polar surface area (TPSA) is 111 Å². The highest BCUT2D eigenvalue weighted by atomic mass is 16.5. The van der Waals surface area contributed by atoms with Crippen LogP contribution >= 0.6 is 0 Å². The molecule has 0 radical (unpaired) electrons. The second-order valence-electron chi connectivity index (χ2n) is 6.66. The number of urea groups is 1. The molecular formula is C21H23N5O3. The maximum Gasteiger partial charge on any atom is 0.319 e. The van der Waals surface area contributed by atoms with Gasteiger partial charge in [-0.3, -0.25) is 9.48 Å². The smallest absolute Gasteiger partial charge is 0.319 e. The van der Waals surface area contributed by atoms with Crippen LogP contribution in [0.3, 0.4) is 0 Å². The first-order chi connectivity index (χ1) is 14.0. The summed E-state index contributed by atoms with van der Waals surface area (Å²) in [4.78, 5) is 23.6. The van der Waals surface area contributed by atoms with Gasteiger partial charge in [-0.1, -0.05) is 19.1 Å². The SMILES string of the molecule is CC(CNC(=O)Nc1ccc(Oc2ccccc2C(N)=O)cc1)Cn1cccn1. The van der Waals surface area contributed by atoms with E-state index in [0.29, 0.717) is 29.3 Å². The van der Waals surface area contributed by atoms with Gasteiger partial charge in [-0.2, -0.15) is 5.10 Å². The number of ether oxygens (including phenoxy) is 1. The minimum absolute atomic E-state index is 0.238. The Hall–Kier alpha value is -3.81. The van der Waals surface area contributed by atoms with Crippen molar-refractivity contribution >= 4 is 17.6 Å². The molecule has 150 valence electrons. The highest BCUT2D eigenvalue weighted by molar-refractivity contribution is 5.95. The van der Waals surface area contributed by atoms with E-state index in [0.717, 1.165) is 6.54 Å². The molecule has 1 heterocycles. The van der Waals surface area contributed by atoms with Gasteiger partial charge in [-0.25, -0.2) is 4.79 Å². The van der Waals surface area contributed by atoms with Gasteiger partial charge in [-0.05, 0) is 48.4 Å². The summed E-state index contributed by atoms with van der Waals surface area (Å²) in [5.41, 5.74) is 6.28. The molecule has 1 unspecified atom stereocenters. The van der Waals surface area contributed by atoms with Crippen LogP contribution in [0, 0.1) is 5.92 Å². The van der Waals surface area contributed by atoms with Crippen LogP contribution in [0.1, 0.15) is 17.3 Å². The number of nitrogens with zero attached hydrogens (tertiary/aromatic N) is 2. The van der Waals surface area contributed by atoms with Crippen LogP contribution < -0.4 is 21.1 Å². The molecule has 0 aliphatic rings. The third-order valence-corrected chi connectivity index (χ3v) is 4.16. The highest BCUT2D eigenvalue weighted by Crippen LogP contribution is 2.26. The van der Waals surface area contributed by atoms with Crippen LogP contribution in [-0.4, -0.2) is 28.3 Å². The summed E-state index contributed by atoms with van der Waals surface area (Å²) >= 11 is 0. The summed E-state index contributed by atoms with van der Waals surface area (Å²) in [5, 5.41) is 9.77. The first-order valence-electron chi connectivity index (χ1n) is 9.20. The third-order valence-electron chi connectivity index (χ3n) is 4.16.